The molecule has 0 amide bonds. The smallest absolute Gasteiger partial charge is 0.00891 e. The fourth-order valence-corrected chi connectivity index (χ4v) is 3.58. The van der Waals surface area contributed by atoms with Gasteiger partial charge >= 0.3 is 0 Å². The van der Waals surface area contributed by atoms with Gasteiger partial charge in [0.15, 0.2) is 0 Å². The summed E-state index contributed by atoms with van der Waals surface area (Å²) in [5, 5.41) is 1.17. The second-order valence-corrected chi connectivity index (χ2v) is 7.92. The zero-order valence-corrected chi connectivity index (χ0v) is 17.3. The highest BCUT2D eigenvalue weighted by molar-refractivity contribution is 9.09. The molecule has 0 aliphatic rings. The maximum absolute atomic E-state index is 3.52. The van der Waals surface area contributed by atoms with Crippen molar-refractivity contribution in [1.29, 1.82) is 0 Å². The summed E-state index contributed by atoms with van der Waals surface area (Å²) in [6, 6.07) is 0.813. The van der Waals surface area contributed by atoms with E-state index in [0.717, 1.165) is 6.04 Å². The summed E-state index contributed by atoms with van der Waals surface area (Å²) in [5.74, 6) is 0. The summed E-state index contributed by atoms with van der Waals surface area (Å²) in [4.78, 5) is 2.45. The average Bonchev–Trinajstić information content (AvgIpc) is 2.50. The van der Waals surface area contributed by atoms with Crippen LogP contribution in [0, 0.1) is 0 Å². The van der Waals surface area contributed by atoms with Crippen molar-refractivity contribution in [2.24, 2.45) is 0 Å². The third-order valence-electron chi connectivity index (χ3n) is 4.79. The predicted octanol–water partition coefficient (Wildman–Crippen LogP) is 7.18. The van der Waals surface area contributed by atoms with E-state index in [9.17, 15) is 0 Å². The van der Waals surface area contributed by atoms with Gasteiger partial charge in [-0.25, -0.2) is 0 Å². The van der Waals surface area contributed by atoms with E-state index in [4.69, 9.17) is 0 Å². The molecule has 0 bridgehead atoms. The number of hydrogen-bond acceptors (Lipinski definition) is 1. The van der Waals surface area contributed by atoms with Gasteiger partial charge in [-0.2, -0.15) is 0 Å². The number of alkyl halides is 1. The molecule has 1 unspecified atom stereocenters. The Morgan fingerprint density at radius 1 is 0.636 bits per heavy atom. The highest BCUT2D eigenvalue weighted by Gasteiger charge is 2.10. The lowest BCUT2D eigenvalue weighted by Gasteiger charge is -2.24. The maximum Gasteiger partial charge on any atom is 0.00891 e. The van der Waals surface area contributed by atoms with Crippen LogP contribution in [0.1, 0.15) is 103 Å². The number of nitrogens with zero attached hydrogens (tertiary/aromatic N) is 1. The first-order valence-electron chi connectivity index (χ1n) is 9.94. The minimum absolute atomic E-state index is 0.813. The fraction of sp³-hybridized carbons (Fsp3) is 1.00. The molecule has 0 aliphatic heterocycles. The largest absolute Gasteiger partial charge is 0.306 e. The summed E-state index contributed by atoms with van der Waals surface area (Å²) in [5.41, 5.74) is 0. The number of unbranched alkanes of at least 4 members (excludes halogenated alkanes) is 11. The molecular weight excluding hydrogens is 334 g/mol. The minimum atomic E-state index is 0.813. The Morgan fingerprint density at radius 2 is 1.05 bits per heavy atom. The van der Waals surface area contributed by atoms with Crippen LogP contribution in [0.4, 0.5) is 0 Å². The van der Waals surface area contributed by atoms with Gasteiger partial charge in [0, 0.05) is 11.4 Å². The van der Waals surface area contributed by atoms with Crippen LogP contribution in [0.15, 0.2) is 0 Å². The maximum atomic E-state index is 3.52. The van der Waals surface area contributed by atoms with E-state index in [2.05, 4.69) is 41.8 Å². The average molecular weight is 376 g/mol. The van der Waals surface area contributed by atoms with Crippen LogP contribution in [0.2, 0.25) is 0 Å². The van der Waals surface area contributed by atoms with E-state index < -0.39 is 0 Å². The van der Waals surface area contributed by atoms with Crippen molar-refractivity contribution >= 4 is 15.9 Å². The van der Waals surface area contributed by atoms with Crippen molar-refractivity contribution in [1.82, 2.24) is 4.90 Å². The van der Waals surface area contributed by atoms with E-state index >= 15 is 0 Å². The Morgan fingerprint density at radius 3 is 1.45 bits per heavy atom. The zero-order valence-electron chi connectivity index (χ0n) is 15.7. The number of hydrogen-bond donors (Lipinski definition) is 0. The first-order valence-corrected chi connectivity index (χ1v) is 11.1. The van der Waals surface area contributed by atoms with E-state index in [1.54, 1.807) is 0 Å². The van der Waals surface area contributed by atoms with E-state index in [1.807, 2.05) is 0 Å². The van der Waals surface area contributed by atoms with Gasteiger partial charge in [0.05, 0.1) is 0 Å². The summed E-state index contributed by atoms with van der Waals surface area (Å²) in [6.45, 7) is 2.29. The normalized spacial score (nSPS) is 13.0. The number of halogens is 1. The Hall–Kier alpha value is 0.440. The monoisotopic (exact) mass is 375 g/mol. The zero-order chi connectivity index (χ0) is 16.5. The molecule has 0 N–H and O–H groups in total. The molecule has 0 saturated carbocycles. The van der Waals surface area contributed by atoms with Crippen molar-refractivity contribution < 1.29 is 0 Å². The van der Waals surface area contributed by atoms with Crippen molar-refractivity contribution in [3.8, 4) is 0 Å². The molecule has 0 aromatic carbocycles. The molecule has 134 valence electrons. The predicted molar refractivity (Wildman–Crippen MR) is 106 cm³/mol. The van der Waals surface area contributed by atoms with Crippen LogP contribution in [-0.2, 0) is 0 Å². The summed E-state index contributed by atoms with van der Waals surface area (Å²) < 4.78 is 0. The van der Waals surface area contributed by atoms with Crippen LogP contribution < -0.4 is 0 Å². The summed E-state index contributed by atoms with van der Waals surface area (Å²) >= 11 is 3.52. The van der Waals surface area contributed by atoms with Crippen LogP contribution in [0.25, 0.3) is 0 Å². The van der Waals surface area contributed by atoms with Gasteiger partial charge < -0.3 is 4.90 Å². The molecular formula is C20H42BrN. The highest BCUT2D eigenvalue weighted by atomic mass is 79.9. The summed E-state index contributed by atoms with van der Waals surface area (Å²) in [7, 11) is 4.52. The number of rotatable bonds is 17. The van der Waals surface area contributed by atoms with Crippen molar-refractivity contribution in [3.05, 3.63) is 0 Å². The Balaban J connectivity index is 3.45. The Bertz CT molecular complexity index is 206. The first kappa shape index (κ1) is 22.4. The van der Waals surface area contributed by atoms with Gasteiger partial charge in [0.25, 0.3) is 0 Å². The SMILES string of the molecule is CCCCCCCCCCCC(CCCCCCBr)N(C)C. The molecule has 0 aliphatic carbocycles. The third-order valence-corrected chi connectivity index (χ3v) is 5.35. The van der Waals surface area contributed by atoms with E-state index in [1.165, 1.54) is 102 Å². The minimum Gasteiger partial charge on any atom is -0.306 e. The van der Waals surface area contributed by atoms with Crippen molar-refractivity contribution in [2.45, 2.75) is 109 Å². The highest BCUT2D eigenvalue weighted by Crippen LogP contribution is 2.17. The second kappa shape index (κ2) is 17.8. The lowest BCUT2D eigenvalue weighted by atomic mass is 9.99. The molecule has 0 radical (unpaired) electrons. The molecule has 1 nitrogen and oxygen atoms in total. The van der Waals surface area contributed by atoms with Gasteiger partial charge in [-0.15, -0.1) is 0 Å². The molecule has 0 rings (SSSR count). The third kappa shape index (κ3) is 15.3. The van der Waals surface area contributed by atoms with Crippen LogP contribution in [0.5, 0.6) is 0 Å². The lowest BCUT2D eigenvalue weighted by Crippen LogP contribution is -2.27. The molecule has 22 heavy (non-hydrogen) atoms. The molecule has 0 spiro atoms. The van der Waals surface area contributed by atoms with Crippen LogP contribution >= 0.6 is 15.9 Å². The molecule has 0 aromatic heterocycles. The molecule has 0 heterocycles. The van der Waals surface area contributed by atoms with E-state index in [0.29, 0.717) is 0 Å². The first-order chi connectivity index (χ1) is 10.7. The topological polar surface area (TPSA) is 3.24 Å². The van der Waals surface area contributed by atoms with Crippen LogP contribution in [-0.4, -0.2) is 30.4 Å². The molecule has 2 heteroatoms. The van der Waals surface area contributed by atoms with Gasteiger partial charge in [-0.3, -0.25) is 0 Å². The fourth-order valence-electron chi connectivity index (χ4n) is 3.18. The van der Waals surface area contributed by atoms with Gasteiger partial charge in [0.2, 0.25) is 0 Å². The quantitative estimate of drug-likeness (QED) is 0.192. The molecule has 0 aromatic rings. The van der Waals surface area contributed by atoms with Crippen molar-refractivity contribution in [2.75, 3.05) is 19.4 Å². The van der Waals surface area contributed by atoms with Gasteiger partial charge in [-0.1, -0.05) is 99.9 Å². The lowest BCUT2D eigenvalue weighted by molar-refractivity contribution is 0.251. The Labute approximate surface area is 149 Å². The van der Waals surface area contributed by atoms with E-state index in [-0.39, 0.29) is 0 Å². The second-order valence-electron chi connectivity index (χ2n) is 7.13. The van der Waals surface area contributed by atoms with Crippen molar-refractivity contribution in [3.63, 3.8) is 0 Å². The molecule has 0 saturated heterocycles. The van der Waals surface area contributed by atoms with Crippen LogP contribution in [0.3, 0.4) is 0 Å². The summed E-state index contributed by atoms with van der Waals surface area (Å²) in [6.07, 6.45) is 21.3. The van der Waals surface area contributed by atoms with Gasteiger partial charge in [-0.05, 0) is 33.4 Å². The molecule has 1 atom stereocenters. The standard InChI is InChI=1S/C20H42BrN/c1-4-5-6-7-8-9-10-11-14-17-20(22(2)3)18-15-12-13-16-19-21/h20H,4-19H2,1-3H3. The van der Waals surface area contributed by atoms with Gasteiger partial charge in [0.1, 0.15) is 0 Å². The Kier molecular flexibility index (Phi) is 18.1. The molecule has 0 fully saturated rings.